The van der Waals surface area contributed by atoms with Gasteiger partial charge in [0.05, 0.1) is 0 Å². The minimum Gasteiger partial charge on any atom is -0.457 e. The number of esters is 1. The molecule has 0 bridgehead atoms. The molecule has 1 aliphatic heterocycles. The third-order valence-corrected chi connectivity index (χ3v) is 7.21. The maximum Gasteiger partial charge on any atom is 0.350 e. The zero-order valence-corrected chi connectivity index (χ0v) is 16.0. The van der Waals surface area contributed by atoms with E-state index in [-0.39, 0.29) is 16.4 Å². The fraction of sp³-hybridized carbons (Fsp3) is 0.312. The first-order valence-corrected chi connectivity index (χ1v) is 10.6. The highest BCUT2D eigenvalue weighted by atomic mass is 79.9. The third kappa shape index (κ3) is 3.72. The van der Waals surface area contributed by atoms with Crippen molar-refractivity contribution in [3.8, 4) is 0 Å². The van der Waals surface area contributed by atoms with E-state index in [4.69, 9.17) is 4.74 Å². The Labute approximate surface area is 153 Å². The predicted octanol–water partition coefficient (Wildman–Crippen LogP) is 3.65. The number of halogens is 1. The lowest BCUT2D eigenvalue weighted by atomic mass is 10.2. The summed E-state index contributed by atoms with van der Waals surface area (Å²) in [7, 11) is -3.63. The Balaban J connectivity index is 1.76. The molecule has 0 unspecified atom stereocenters. The van der Waals surface area contributed by atoms with Crippen LogP contribution in [0.5, 0.6) is 0 Å². The van der Waals surface area contributed by atoms with Crippen molar-refractivity contribution in [2.45, 2.75) is 24.3 Å². The predicted molar refractivity (Wildman–Crippen MR) is 95.6 cm³/mol. The van der Waals surface area contributed by atoms with Crippen LogP contribution >= 0.6 is 27.3 Å². The van der Waals surface area contributed by atoms with Crippen molar-refractivity contribution in [1.29, 1.82) is 0 Å². The van der Waals surface area contributed by atoms with Gasteiger partial charge in [0.1, 0.15) is 16.4 Å². The van der Waals surface area contributed by atoms with Gasteiger partial charge < -0.3 is 4.74 Å². The number of rotatable bonds is 5. The monoisotopic (exact) mass is 429 g/mol. The molecule has 24 heavy (non-hydrogen) atoms. The Morgan fingerprint density at radius 3 is 2.71 bits per heavy atom. The third-order valence-electron chi connectivity index (χ3n) is 3.76. The van der Waals surface area contributed by atoms with Gasteiger partial charge in [-0.15, -0.1) is 11.3 Å². The number of carbonyl (C=O) groups is 1. The van der Waals surface area contributed by atoms with Crippen LogP contribution in [0.25, 0.3) is 0 Å². The van der Waals surface area contributed by atoms with Gasteiger partial charge in [-0.2, -0.15) is 4.31 Å². The summed E-state index contributed by atoms with van der Waals surface area (Å²) in [5, 5.41) is 1.61. The first-order chi connectivity index (χ1) is 11.5. The van der Waals surface area contributed by atoms with Crippen molar-refractivity contribution in [1.82, 2.24) is 4.31 Å². The molecule has 0 N–H and O–H groups in total. The van der Waals surface area contributed by atoms with Gasteiger partial charge in [-0.05, 0) is 42.0 Å². The van der Waals surface area contributed by atoms with Crippen LogP contribution in [-0.4, -0.2) is 31.8 Å². The van der Waals surface area contributed by atoms with E-state index >= 15 is 0 Å². The van der Waals surface area contributed by atoms with Crippen molar-refractivity contribution in [3.63, 3.8) is 0 Å². The van der Waals surface area contributed by atoms with Crippen molar-refractivity contribution in [3.05, 3.63) is 50.6 Å². The van der Waals surface area contributed by atoms with Gasteiger partial charge in [0.15, 0.2) is 0 Å². The summed E-state index contributed by atoms with van der Waals surface area (Å²) in [6.07, 6.45) is 1.71. The van der Waals surface area contributed by atoms with E-state index in [0.29, 0.717) is 13.1 Å². The molecule has 0 atom stereocenters. The van der Waals surface area contributed by atoms with Crippen molar-refractivity contribution >= 4 is 43.3 Å². The topological polar surface area (TPSA) is 63.7 Å². The number of carbonyl (C=O) groups excluding carboxylic acids is 1. The molecule has 1 saturated heterocycles. The smallest absolute Gasteiger partial charge is 0.350 e. The van der Waals surface area contributed by atoms with Crippen LogP contribution in [0.1, 0.15) is 28.1 Å². The van der Waals surface area contributed by atoms with Crippen LogP contribution in [0.4, 0.5) is 0 Å². The second-order valence-electron chi connectivity index (χ2n) is 5.43. The van der Waals surface area contributed by atoms with Crippen LogP contribution in [-0.2, 0) is 21.4 Å². The number of hydrogen-bond acceptors (Lipinski definition) is 5. The first kappa shape index (κ1) is 17.6. The van der Waals surface area contributed by atoms with E-state index in [1.165, 1.54) is 10.4 Å². The summed E-state index contributed by atoms with van der Waals surface area (Å²) in [6.45, 7) is 1.11. The SMILES string of the molecule is O=C(OCc1cccc(Br)c1)c1sccc1S(=O)(=O)N1CCCC1. The summed E-state index contributed by atoms with van der Waals surface area (Å²) < 4.78 is 32.9. The van der Waals surface area contributed by atoms with Gasteiger partial charge in [-0.25, -0.2) is 13.2 Å². The largest absolute Gasteiger partial charge is 0.457 e. The second-order valence-corrected chi connectivity index (χ2v) is 9.17. The van der Waals surface area contributed by atoms with Gasteiger partial charge >= 0.3 is 5.97 Å². The minimum absolute atomic E-state index is 0.0497. The number of benzene rings is 1. The van der Waals surface area contributed by atoms with E-state index in [2.05, 4.69) is 15.9 Å². The number of nitrogens with zero attached hydrogens (tertiary/aromatic N) is 1. The zero-order valence-electron chi connectivity index (χ0n) is 12.8. The molecule has 0 radical (unpaired) electrons. The second kappa shape index (κ2) is 7.35. The molecule has 1 aliphatic rings. The Kier molecular flexibility index (Phi) is 5.39. The minimum atomic E-state index is -3.63. The molecule has 1 fully saturated rings. The number of sulfonamides is 1. The van der Waals surface area contributed by atoms with Gasteiger partial charge in [0.2, 0.25) is 10.0 Å². The average molecular weight is 430 g/mol. The fourth-order valence-electron chi connectivity index (χ4n) is 2.56. The molecule has 1 aromatic heterocycles. The molecular formula is C16H16BrNO4S2. The summed E-state index contributed by atoms with van der Waals surface area (Å²) in [4.78, 5) is 12.5. The molecule has 128 valence electrons. The highest BCUT2D eigenvalue weighted by Crippen LogP contribution is 2.28. The summed E-state index contributed by atoms with van der Waals surface area (Å²) in [5.41, 5.74) is 0.832. The van der Waals surface area contributed by atoms with E-state index in [0.717, 1.165) is 34.2 Å². The number of hydrogen-bond donors (Lipinski definition) is 0. The maximum absolute atomic E-state index is 12.7. The number of ether oxygens (including phenoxy) is 1. The van der Waals surface area contributed by atoms with E-state index < -0.39 is 16.0 Å². The quantitative estimate of drug-likeness (QED) is 0.680. The molecule has 0 aliphatic carbocycles. The molecule has 2 aromatic rings. The van der Waals surface area contributed by atoms with Gasteiger partial charge in [-0.3, -0.25) is 0 Å². The standard InChI is InChI=1S/C16H16BrNO4S2/c17-13-5-3-4-12(10-13)11-22-16(19)15-14(6-9-23-15)24(20,21)18-7-1-2-8-18/h3-6,9-10H,1-2,7-8,11H2. The molecule has 0 saturated carbocycles. The van der Waals surface area contributed by atoms with E-state index in [9.17, 15) is 13.2 Å². The highest BCUT2D eigenvalue weighted by molar-refractivity contribution is 9.10. The van der Waals surface area contributed by atoms with Crippen molar-refractivity contribution in [2.75, 3.05) is 13.1 Å². The lowest BCUT2D eigenvalue weighted by Crippen LogP contribution is -2.28. The van der Waals surface area contributed by atoms with E-state index in [1.54, 1.807) is 5.38 Å². The summed E-state index contributed by atoms with van der Waals surface area (Å²) in [6, 6.07) is 8.90. The Bertz CT molecular complexity index is 841. The molecule has 3 rings (SSSR count). The molecule has 5 nitrogen and oxygen atoms in total. The van der Waals surface area contributed by atoms with Crippen LogP contribution in [0.3, 0.4) is 0 Å². The van der Waals surface area contributed by atoms with Crippen LogP contribution < -0.4 is 0 Å². The zero-order chi connectivity index (χ0) is 17.2. The molecule has 1 aromatic carbocycles. The molecule has 0 amide bonds. The summed E-state index contributed by atoms with van der Waals surface area (Å²) >= 11 is 4.45. The van der Waals surface area contributed by atoms with Crippen molar-refractivity contribution < 1.29 is 17.9 Å². The van der Waals surface area contributed by atoms with Crippen LogP contribution in [0.2, 0.25) is 0 Å². The fourth-order valence-corrected chi connectivity index (χ4v) is 5.81. The van der Waals surface area contributed by atoms with Gasteiger partial charge in [0, 0.05) is 17.6 Å². The Morgan fingerprint density at radius 2 is 2.00 bits per heavy atom. The molecular weight excluding hydrogens is 414 g/mol. The summed E-state index contributed by atoms with van der Waals surface area (Å²) in [5.74, 6) is -0.609. The number of thiophene rings is 1. The maximum atomic E-state index is 12.7. The van der Waals surface area contributed by atoms with E-state index in [1.807, 2.05) is 24.3 Å². The van der Waals surface area contributed by atoms with Crippen LogP contribution in [0.15, 0.2) is 45.1 Å². The lowest BCUT2D eigenvalue weighted by molar-refractivity contribution is 0.0474. The normalized spacial score (nSPS) is 15.5. The van der Waals surface area contributed by atoms with Crippen LogP contribution in [0, 0.1) is 0 Å². The van der Waals surface area contributed by atoms with Gasteiger partial charge in [-0.1, -0.05) is 28.1 Å². The molecule has 2 heterocycles. The first-order valence-electron chi connectivity index (χ1n) is 7.48. The van der Waals surface area contributed by atoms with Crippen molar-refractivity contribution in [2.24, 2.45) is 0 Å². The molecule has 0 spiro atoms. The lowest BCUT2D eigenvalue weighted by Gasteiger charge is -2.15. The highest BCUT2D eigenvalue weighted by Gasteiger charge is 2.32. The Hall–Kier alpha value is -1.22. The average Bonchev–Trinajstić information content (AvgIpc) is 3.24. The Morgan fingerprint density at radius 1 is 1.25 bits per heavy atom. The van der Waals surface area contributed by atoms with Gasteiger partial charge in [0.25, 0.3) is 0 Å². The molecule has 8 heteroatoms.